The number of ether oxygens (including phenoxy) is 1. The van der Waals surface area contributed by atoms with E-state index in [0.717, 1.165) is 17.8 Å². The van der Waals surface area contributed by atoms with Gasteiger partial charge in [-0.25, -0.2) is 23.1 Å². The van der Waals surface area contributed by atoms with Crippen LogP contribution >= 0.6 is 11.8 Å². The number of nitrogens with two attached hydrogens (primary N) is 1. The number of anilines is 1. The monoisotopic (exact) mass is 475 g/mol. The highest BCUT2D eigenvalue weighted by atomic mass is 32.2. The zero-order valence-corrected chi connectivity index (χ0v) is 18.5. The van der Waals surface area contributed by atoms with Gasteiger partial charge in [0.05, 0.1) is 22.7 Å². The number of amidine groups is 1. The second kappa shape index (κ2) is 8.26. The number of nitrogens with one attached hydrogen (secondary N) is 1. The van der Waals surface area contributed by atoms with Crippen molar-refractivity contribution in [3.63, 3.8) is 0 Å². The van der Waals surface area contributed by atoms with Crippen molar-refractivity contribution >= 4 is 28.5 Å². The maximum absolute atomic E-state index is 14.8. The highest BCUT2D eigenvalue weighted by Gasteiger charge is 2.71. The zero-order valence-electron chi connectivity index (χ0n) is 17.7. The van der Waals surface area contributed by atoms with Gasteiger partial charge in [0, 0.05) is 17.2 Å². The van der Waals surface area contributed by atoms with E-state index in [2.05, 4.69) is 26.2 Å². The molecule has 0 radical (unpaired) electrons. The lowest BCUT2D eigenvalue weighted by Gasteiger charge is -2.34. The van der Waals surface area contributed by atoms with Crippen LogP contribution in [0.25, 0.3) is 0 Å². The summed E-state index contributed by atoms with van der Waals surface area (Å²) >= 11 is 0.841. The molecule has 7 nitrogen and oxygen atoms in total. The Morgan fingerprint density at radius 1 is 1.39 bits per heavy atom. The number of rotatable bonds is 6. The number of hydrogen-bond acceptors (Lipinski definition) is 7. The summed E-state index contributed by atoms with van der Waals surface area (Å²) in [6.07, 6.45) is 4.74. The van der Waals surface area contributed by atoms with Crippen molar-refractivity contribution < 1.29 is 22.7 Å². The Morgan fingerprint density at radius 2 is 2.15 bits per heavy atom. The summed E-state index contributed by atoms with van der Waals surface area (Å²) in [6.45, 7) is 3.24. The van der Waals surface area contributed by atoms with Gasteiger partial charge in [-0.1, -0.05) is 17.7 Å². The second-order valence-corrected chi connectivity index (χ2v) is 9.41. The molecule has 1 fully saturated rings. The number of fused-ring (bicyclic) bond motifs is 1. The molecular formula is C22H20F3N5O2S. The van der Waals surface area contributed by atoms with E-state index in [4.69, 9.17) is 16.9 Å². The molecule has 1 aromatic heterocycles. The van der Waals surface area contributed by atoms with E-state index in [0.29, 0.717) is 0 Å². The summed E-state index contributed by atoms with van der Waals surface area (Å²) in [5.74, 6) is 0.722. The van der Waals surface area contributed by atoms with Gasteiger partial charge in [-0.15, -0.1) is 6.42 Å². The first-order valence-electron chi connectivity index (χ1n) is 9.98. The van der Waals surface area contributed by atoms with E-state index in [-0.39, 0.29) is 34.4 Å². The molecule has 1 amide bonds. The maximum Gasteiger partial charge on any atom is 0.275 e. The fraction of sp³-hybridized carbons (Fsp3) is 0.364. The number of halogens is 3. The third-order valence-corrected chi connectivity index (χ3v) is 7.11. The molecule has 3 N–H and O–H groups in total. The number of nitrogens with zero attached hydrogens (tertiary/aromatic N) is 3. The SMILES string of the molecule is C#C[C@H](C)Oc1cnc(C(=O)Nc2ccc(F)c([C@]3(C)N=C(N)S[C@@]4(C(F)F)C[C@@H]34)c2)cn1. The lowest BCUT2D eigenvalue weighted by molar-refractivity contribution is 0.102. The number of benzene rings is 1. The Bertz CT molecular complexity index is 1170. The Hall–Kier alpha value is -3.26. The Labute approximate surface area is 192 Å². The molecule has 0 unspecified atom stereocenters. The zero-order chi connectivity index (χ0) is 24.0. The molecule has 4 atom stereocenters. The molecule has 4 rings (SSSR count). The van der Waals surface area contributed by atoms with Crippen molar-refractivity contribution in [3.8, 4) is 18.2 Å². The van der Waals surface area contributed by atoms with Crippen molar-refractivity contribution in [3.05, 3.63) is 47.7 Å². The second-order valence-electron chi connectivity index (χ2n) is 8.03. The third-order valence-electron chi connectivity index (χ3n) is 5.80. The summed E-state index contributed by atoms with van der Waals surface area (Å²) in [7, 11) is 0. The summed E-state index contributed by atoms with van der Waals surface area (Å²) in [4.78, 5) is 24.9. The average molecular weight is 475 g/mol. The van der Waals surface area contributed by atoms with Gasteiger partial charge in [0.15, 0.2) is 11.3 Å². The molecule has 0 spiro atoms. The van der Waals surface area contributed by atoms with Crippen LogP contribution in [0.4, 0.5) is 18.9 Å². The molecule has 1 aliphatic heterocycles. The molecule has 2 aliphatic rings. The molecule has 1 saturated carbocycles. The van der Waals surface area contributed by atoms with E-state index >= 15 is 0 Å². The smallest absolute Gasteiger partial charge is 0.275 e. The topological polar surface area (TPSA) is 102 Å². The van der Waals surface area contributed by atoms with Crippen molar-refractivity contribution in [2.24, 2.45) is 16.6 Å². The largest absolute Gasteiger partial charge is 0.460 e. The normalized spacial score (nSPS) is 26.6. The number of aliphatic imine (C=N–C) groups is 1. The summed E-state index contributed by atoms with van der Waals surface area (Å²) in [6, 6.07) is 3.89. The average Bonchev–Trinajstić information content (AvgIpc) is 3.52. The fourth-order valence-electron chi connectivity index (χ4n) is 4.00. The number of aromatic nitrogens is 2. The van der Waals surface area contributed by atoms with Crippen LogP contribution < -0.4 is 15.8 Å². The van der Waals surface area contributed by atoms with Crippen LogP contribution in [-0.2, 0) is 5.54 Å². The fourth-order valence-corrected chi connectivity index (χ4v) is 5.34. The predicted molar refractivity (Wildman–Crippen MR) is 119 cm³/mol. The summed E-state index contributed by atoms with van der Waals surface area (Å²) < 4.78 is 46.2. The molecule has 2 aromatic rings. The highest BCUT2D eigenvalue weighted by Crippen LogP contribution is 2.68. The van der Waals surface area contributed by atoms with Gasteiger partial charge in [0.1, 0.15) is 11.5 Å². The molecule has 0 saturated heterocycles. The predicted octanol–water partition coefficient (Wildman–Crippen LogP) is 3.57. The lowest BCUT2D eigenvalue weighted by Crippen LogP contribution is -2.38. The van der Waals surface area contributed by atoms with Gasteiger partial charge in [0.25, 0.3) is 12.3 Å². The number of terminal acetylenes is 1. The van der Waals surface area contributed by atoms with Crippen LogP contribution in [0.3, 0.4) is 0 Å². The Balaban J connectivity index is 1.57. The maximum atomic E-state index is 14.8. The van der Waals surface area contributed by atoms with Crippen LogP contribution in [0.1, 0.15) is 36.3 Å². The van der Waals surface area contributed by atoms with E-state index in [1.807, 2.05) is 0 Å². The number of thioether (sulfide) groups is 1. The van der Waals surface area contributed by atoms with E-state index in [9.17, 15) is 18.0 Å². The van der Waals surface area contributed by atoms with Gasteiger partial charge >= 0.3 is 0 Å². The van der Waals surface area contributed by atoms with Gasteiger partial charge in [-0.3, -0.25) is 9.79 Å². The van der Waals surface area contributed by atoms with E-state index < -0.39 is 40.5 Å². The Morgan fingerprint density at radius 3 is 2.79 bits per heavy atom. The van der Waals surface area contributed by atoms with Gasteiger partial charge in [0.2, 0.25) is 5.88 Å². The van der Waals surface area contributed by atoms with Crippen LogP contribution in [0.5, 0.6) is 5.88 Å². The minimum absolute atomic E-state index is 0.0111. The summed E-state index contributed by atoms with van der Waals surface area (Å²) in [5.41, 5.74) is 4.86. The van der Waals surface area contributed by atoms with Crippen molar-refractivity contribution in [2.45, 2.75) is 43.1 Å². The quantitative estimate of drug-likeness (QED) is 0.620. The third kappa shape index (κ3) is 4.11. The molecule has 0 bridgehead atoms. The molecule has 1 aliphatic carbocycles. The van der Waals surface area contributed by atoms with Crippen LogP contribution in [0.15, 0.2) is 35.6 Å². The van der Waals surface area contributed by atoms with Gasteiger partial charge < -0.3 is 15.8 Å². The first kappa shape index (κ1) is 22.9. The first-order valence-corrected chi connectivity index (χ1v) is 10.8. The Kier molecular flexibility index (Phi) is 5.74. The van der Waals surface area contributed by atoms with Crippen LogP contribution in [0.2, 0.25) is 0 Å². The molecule has 11 heteroatoms. The van der Waals surface area contributed by atoms with Crippen molar-refractivity contribution in [1.29, 1.82) is 0 Å². The summed E-state index contributed by atoms with van der Waals surface area (Å²) in [5, 5.41) is 2.59. The number of amides is 1. The van der Waals surface area contributed by atoms with Gasteiger partial charge in [-0.05, 0) is 38.5 Å². The van der Waals surface area contributed by atoms with E-state index in [1.165, 1.54) is 24.5 Å². The van der Waals surface area contributed by atoms with Crippen molar-refractivity contribution in [2.75, 3.05) is 5.32 Å². The number of alkyl halides is 2. The van der Waals surface area contributed by atoms with Crippen molar-refractivity contribution in [1.82, 2.24) is 9.97 Å². The molecular weight excluding hydrogens is 455 g/mol. The number of carbonyl (C=O) groups is 1. The molecule has 172 valence electrons. The molecule has 1 aromatic carbocycles. The molecule has 33 heavy (non-hydrogen) atoms. The minimum Gasteiger partial charge on any atom is -0.460 e. The number of hydrogen-bond donors (Lipinski definition) is 2. The standard InChI is InChI=1S/C22H20F3N5O2S/c1-4-11(2)32-17-10-27-15(9-28-17)18(31)29-12-5-6-14(23)13(7-12)21(3)16-8-22(16,19(24)25)33-20(26)30-21/h1,5-7,9-11,16,19H,8H2,2-3H3,(H2,26,30)(H,29,31)/t11-,16-,21-,22-/m0/s1. The minimum atomic E-state index is -2.62. The molecule has 2 heterocycles. The van der Waals surface area contributed by atoms with Crippen LogP contribution in [0, 0.1) is 24.1 Å². The van der Waals surface area contributed by atoms with E-state index in [1.54, 1.807) is 13.8 Å². The van der Waals surface area contributed by atoms with Crippen LogP contribution in [-0.4, -0.2) is 38.3 Å². The highest BCUT2D eigenvalue weighted by molar-refractivity contribution is 8.15. The first-order chi connectivity index (χ1) is 15.6. The van der Waals surface area contributed by atoms with Gasteiger partial charge in [-0.2, -0.15) is 0 Å². The lowest BCUT2D eigenvalue weighted by atomic mass is 9.85. The number of carbonyl (C=O) groups excluding carboxylic acids is 1.